The van der Waals surface area contributed by atoms with E-state index in [0.29, 0.717) is 11.3 Å². The van der Waals surface area contributed by atoms with E-state index in [1.807, 2.05) is 6.92 Å². The molecule has 0 aliphatic carbocycles. The molecule has 1 unspecified atom stereocenters. The lowest BCUT2D eigenvalue weighted by Crippen LogP contribution is -2.71. The fourth-order valence-corrected chi connectivity index (χ4v) is 5.86. The summed E-state index contributed by atoms with van der Waals surface area (Å²) in [7, 11) is 1.28. The van der Waals surface area contributed by atoms with E-state index in [2.05, 4.69) is 20.4 Å². The van der Waals surface area contributed by atoms with E-state index >= 15 is 0 Å². The van der Waals surface area contributed by atoms with Gasteiger partial charge in [-0.25, -0.2) is 19.6 Å². The van der Waals surface area contributed by atoms with Crippen LogP contribution in [-0.4, -0.2) is 85.0 Å². The summed E-state index contributed by atoms with van der Waals surface area (Å²) in [6, 6.07) is -0.912. The number of nitrogens with one attached hydrogen (secondary N) is 1. The van der Waals surface area contributed by atoms with Crippen molar-refractivity contribution in [2.24, 2.45) is 5.16 Å². The van der Waals surface area contributed by atoms with Crippen LogP contribution in [0.3, 0.4) is 0 Å². The number of nitrogens with zero attached hydrogens (tertiary/aromatic N) is 4. The number of amides is 2. The number of rotatable bonds is 7. The molecule has 2 aliphatic rings. The molecule has 0 spiro atoms. The van der Waals surface area contributed by atoms with Crippen LogP contribution in [0.2, 0.25) is 0 Å². The van der Waals surface area contributed by atoms with Crippen molar-refractivity contribution in [1.29, 1.82) is 0 Å². The lowest BCUT2D eigenvalue weighted by Gasteiger charge is -2.49. The molecule has 2 aromatic rings. The Morgan fingerprint density at radius 2 is 1.98 bits per heavy atom. The molecular weight excluding hydrogens is 601 g/mol. The number of halogens is 3. The van der Waals surface area contributed by atoms with Gasteiger partial charge < -0.3 is 26.1 Å². The third-order valence-corrected chi connectivity index (χ3v) is 7.83. The van der Waals surface area contributed by atoms with E-state index in [1.54, 1.807) is 23.7 Å². The molecule has 19 heteroatoms. The van der Waals surface area contributed by atoms with Gasteiger partial charge in [0, 0.05) is 22.2 Å². The summed E-state index contributed by atoms with van der Waals surface area (Å²) in [5.74, 6) is -4.80. The average Bonchev–Trinajstić information content (AvgIpc) is 3.50. The second-order valence-electron chi connectivity index (χ2n) is 7.65. The number of carbonyl (C=O) groups is 4. The number of nitrogen functional groups attached to an aromatic ring is 1. The minimum absolute atomic E-state index is 0.0928. The minimum atomic E-state index is -5.08. The highest BCUT2D eigenvalue weighted by Gasteiger charge is 2.54. The molecule has 1 fully saturated rings. The molecule has 4 rings (SSSR count). The van der Waals surface area contributed by atoms with Gasteiger partial charge in [0.05, 0.1) is 5.01 Å². The number of thiazole rings is 2. The molecular formula is C21H19F3N6O7S3. The number of β-lactam (4-membered cyclic amide) rings is 1. The number of aliphatic carboxylic acids is 2. The molecule has 0 bridgehead atoms. The molecule has 13 nitrogen and oxygen atoms in total. The average molecular weight is 621 g/mol. The molecule has 0 saturated carbocycles. The first-order chi connectivity index (χ1) is 18.7. The number of fused-ring (bicyclic) bond motifs is 1. The maximum Gasteiger partial charge on any atom is 0.490 e. The number of thioether (sulfide) groups is 1. The summed E-state index contributed by atoms with van der Waals surface area (Å²) in [5.41, 5.74) is 6.13. The van der Waals surface area contributed by atoms with Crippen molar-refractivity contribution in [3.63, 3.8) is 0 Å². The zero-order chi connectivity index (χ0) is 29.8. The highest BCUT2D eigenvalue weighted by atomic mass is 32.2. The number of hydrogen-bond acceptors (Lipinski definition) is 12. The van der Waals surface area contributed by atoms with E-state index in [9.17, 15) is 32.7 Å². The normalized spacial score (nSPS) is 19.0. The van der Waals surface area contributed by atoms with Crippen LogP contribution in [0.25, 0.3) is 6.08 Å². The van der Waals surface area contributed by atoms with E-state index in [-0.39, 0.29) is 22.2 Å². The van der Waals surface area contributed by atoms with Crippen molar-refractivity contribution >= 4 is 75.1 Å². The van der Waals surface area contributed by atoms with Crippen molar-refractivity contribution in [3.8, 4) is 0 Å². The van der Waals surface area contributed by atoms with Gasteiger partial charge in [-0.05, 0) is 18.6 Å². The maximum atomic E-state index is 12.9. The molecule has 0 radical (unpaired) electrons. The van der Waals surface area contributed by atoms with Crippen molar-refractivity contribution in [2.45, 2.75) is 24.5 Å². The van der Waals surface area contributed by atoms with Gasteiger partial charge in [-0.1, -0.05) is 11.2 Å². The quantitative estimate of drug-likeness (QED) is 0.200. The highest BCUT2D eigenvalue weighted by molar-refractivity contribution is 8.00. The van der Waals surface area contributed by atoms with Crippen LogP contribution < -0.4 is 11.1 Å². The van der Waals surface area contributed by atoms with Crippen molar-refractivity contribution < 1.29 is 47.4 Å². The fourth-order valence-electron chi connectivity index (χ4n) is 3.31. The first kappa shape index (κ1) is 30.6. The van der Waals surface area contributed by atoms with E-state index in [4.69, 9.17) is 20.5 Å². The Morgan fingerprint density at radius 3 is 2.48 bits per heavy atom. The maximum absolute atomic E-state index is 12.9. The summed E-state index contributed by atoms with van der Waals surface area (Å²) in [6.07, 6.45) is 0.0843. The predicted molar refractivity (Wildman–Crippen MR) is 139 cm³/mol. The summed E-state index contributed by atoms with van der Waals surface area (Å²) < 4.78 is 31.7. The molecule has 2 aliphatic heterocycles. The number of alkyl halides is 3. The highest BCUT2D eigenvalue weighted by Crippen LogP contribution is 2.41. The Hall–Kier alpha value is -3.97. The van der Waals surface area contributed by atoms with Gasteiger partial charge in [0.2, 0.25) is 0 Å². The van der Waals surface area contributed by atoms with E-state index < -0.39 is 41.3 Å². The zero-order valence-electron chi connectivity index (χ0n) is 20.3. The number of carbonyl (C=O) groups excluding carboxylic acids is 2. The summed E-state index contributed by atoms with van der Waals surface area (Å²) in [4.78, 5) is 61.5. The summed E-state index contributed by atoms with van der Waals surface area (Å²) in [6.45, 7) is 1.88. The monoisotopic (exact) mass is 620 g/mol. The predicted octanol–water partition coefficient (Wildman–Crippen LogP) is 1.93. The van der Waals surface area contributed by atoms with Crippen molar-refractivity contribution in [3.05, 3.63) is 44.5 Å². The Morgan fingerprint density at radius 1 is 1.30 bits per heavy atom. The number of allylic oxidation sites excluding steroid dienone is 1. The van der Waals surface area contributed by atoms with Crippen LogP contribution in [0, 0.1) is 6.92 Å². The molecule has 2 amide bonds. The van der Waals surface area contributed by atoms with Gasteiger partial charge in [-0.3, -0.25) is 14.5 Å². The largest absolute Gasteiger partial charge is 0.490 e. The number of hydrogen-bond donors (Lipinski definition) is 4. The second-order valence-corrected chi connectivity index (χ2v) is 10.9. The van der Waals surface area contributed by atoms with Gasteiger partial charge in [0.1, 0.15) is 29.9 Å². The van der Waals surface area contributed by atoms with Crippen LogP contribution >= 0.6 is 34.4 Å². The molecule has 2 atom stereocenters. The van der Waals surface area contributed by atoms with Crippen LogP contribution in [0.1, 0.15) is 15.6 Å². The molecule has 1 saturated heterocycles. The third kappa shape index (κ3) is 6.96. The molecule has 4 heterocycles. The third-order valence-electron chi connectivity index (χ3n) is 4.98. The lowest BCUT2D eigenvalue weighted by atomic mass is 10.0. The van der Waals surface area contributed by atoms with Gasteiger partial charge in [-0.15, -0.1) is 34.4 Å². The Labute approximate surface area is 235 Å². The summed E-state index contributed by atoms with van der Waals surface area (Å²) >= 11 is 3.97. The fraction of sp³-hybridized carbons (Fsp3) is 0.286. The van der Waals surface area contributed by atoms with Gasteiger partial charge in [-0.2, -0.15) is 13.2 Å². The van der Waals surface area contributed by atoms with Crippen molar-refractivity contribution in [2.75, 3.05) is 18.6 Å². The number of aromatic nitrogens is 2. The molecule has 0 aromatic carbocycles. The second kappa shape index (κ2) is 12.5. The van der Waals surface area contributed by atoms with Crippen LogP contribution in [-0.2, 0) is 24.0 Å². The van der Waals surface area contributed by atoms with Crippen molar-refractivity contribution in [1.82, 2.24) is 20.2 Å². The molecule has 214 valence electrons. The van der Waals surface area contributed by atoms with Gasteiger partial charge in [0.15, 0.2) is 10.8 Å². The topological polar surface area (TPSA) is 197 Å². The Bertz CT molecular complexity index is 1420. The van der Waals surface area contributed by atoms with Crippen LogP contribution in [0.4, 0.5) is 18.3 Å². The Balaban J connectivity index is 0.000000559. The number of anilines is 1. The molecule has 2 aromatic heterocycles. The van der Waals surface area contributed by atoms with Crippen LogP contribution in [0.15, 0.2) is 34.1 Å². The Kier molecular flexibility index (Phi) is 9.53. The standard InChI is InChI=1S/C19H18N6O5S3.C2HF3O2/c1-8-21-5-10(33-8)4-3-9-6-31-17-13(16(27)25(17)14(9)18(28)29)23-15(26)12(24-30-2)11-7-32-19(20)22-11;3-2(4,5)1(6)7/h3-5,7,13,17H,6H2,1-2H3,(H2,20,22)(H,23,26)(H,28,29);(H,6,7)/t13?,17-;/m0./s1. The first-order valence-corrected chi connectivity index (χ1v) is 13.4. The van der Waals surface area contributed by atoms with Gasteiger partial charge in [0.25, 0.3) is 11.8 Å². The number of carboxylic acid groups (broad SMARTS) is 2. The van der Waals surface area contributed by atoms with E-state index in [1.165, 1.54) is 35.1 Å². The number of aryl methyl sites for hydroxylation is 1. The van der Waals surface area contributed by atoms with Crippen LogP contribution in [0.5, 0.6) is 0 Å². The summed E-state index contributed by atoms with van der Waals surface area (Å²) in [5, 5.41) is 25.4. The lowest BCUT2D eigenvalue weighted by molar-refractivity contribution is -0.192. The SMILES string of the molecule is CON=C(C(=O)NC1C(=O)N2C(C(=O)O)=C(C=Cc3cnc(C)s3)CS[C@@H]12)c1csc(N)n1.O=C(O)C(F)(F)F. The van der Waals surface area contributed by atoms with Gasteiger partial charge >= 0.3 is 18.1 Å². The first-order valence-electron chi connectivity index (χ1n) is 10.7. The zero-order valence-corrected chi connectivity index (χ0v) is 22.8. The van der Waals surface area contributed by atoms with E-state index in [0.717, 1.165) is 21.2 Å². The number of oxime groups is 1. The molecule has 5 N–H and O–H groups in total. The molecule has 40 heavy (non-hydrogen) atoms. The number of nitrogens with two attached hydrogens (primary N) is 1. The number of carboxylic acids is 2. The smallest absolute Gasteiger partial charge is 0.477 e. The minimum Gasteiger partial charge on any atom is -0.477 e.